The van der Waals surface area contributed by atoms with Crippen molar-refractivity contribution in [1.29, 1.82) is 0 Å². The molecule has 0 spiro atoms. The van der Waals surface area contributed by atoms with Crippen LogP contribution in [0.15, 0.2) is 0 Å². The van der Waals surface area contributed by atoms with Crippen LogP contribution in [0.25, 0.3) is 0 Å². The third kappa shape index (κ3) is 4.07. The largest absolute Gasteiger partial charge is 0.303 e. The van der Waals surface area contributed by atoms with E-state index in [1.54, 1.807) is 0 Å². The number of hydrogen-bond donors (Lipinski definition) is 0. The molecular formula is C13H26BrN. The highest BCUT2D eigenvalue weighted by Gasteiger charge is 2.42. The normalized spacial score (nSPS) is 18.8. The Hall–Kier alpha value is 0.440. The van der Waals surface area contributed by atoms with Crippen LogP contribution in [0.1, 0.15) is 46.5 Å². The summed E-state index contributed by atoms with van der Waals surface area (Å²) in [6.07, 6.45) is 5.51. The third-order valence-corrected chi connectivity index (χ3v) is 5.11. The first-order valence-electron chi connectivity index (χ1n) is 6.48. The number of rotatable bonds is 8. The van der Waals surface area contributed by atoms with E-state index in [4.69, 9.17) is 0 Å². The summed E-state index contributed by atoms with van der Waals surface area (Å²) in [5.41, 5.74) is 0.641. The lowest BCUT2D eigenvalue weighted by atomic mass is 10.0. The number of halogens is 1. The fraction of sp³-hybridized carbons (Fsp3) is 1.00. The van der Waals surface area contributed by atoms with Gasteiger partial charge in [-0.05, 0) is 30.7 Å². The van der Waals surface area contributed by atoms with Crippen LogP contribution >= 0.6 is 15.9 Å². The van der Waals surface area contributed by atoms with E-state index in [0.29, 0.717) is 5.41 Å². The maximum Gasteiger partial charge on any atom is 0.0100 e. The molecule has 0 saturated heterocycles. The van der Waals surface area contributed by atoms with Crippen LogP contribution in [0.5, 0.6) is 0 Å². The molecule has 0 heterocycles. The standard InChI is InChI=1S/C13H26BrN/c1-4-12(5-2)9-15(6-3)11-13(10-14)7-8-13/h12H,4-11H2,1-3H3. The lowest BCUT2D eigenvalue weighted by Gasteiger charge is -2.28. The van der Waals surface area contributed by atoms with Gasteiger partial charge < -0.3 is 4.90 Å². The van der Waals surface area contributed by atoms with Gasteiger partial charge in [0.25, 0.3) is 0 Å². The monoisotopic (exact) mass is 275 g/mol. The van der Waals surface area contributed by atoms with E-state index in [2.05, 4.69) is 41.6 Å². The van der Waals surface area contributed by atoms with Gasteiger partial charge in [0.05, 0.1) is 0 Å². The Labute approximate surface area is 104 Å². The van der Waals surface area contributed by atoms with Gasteiger partial charge in [-0.3, -0.25) is 0 Å². The van der Waals surface area contributed by atoms with Crippen LogP contribution in [0, 0.1) is 11.3 Å². The van der Waals surface area contributed by atoms with E-state index in [0.717, 1.165) is 5.92 Å². The second kappa shape index (κ2) is 6.24. The zero-order valence-electron chi connectivity index (χ0n) is 10.6. The van der Waals surface area contributed by atoms with E-state index >= 15 is 0 Å². The number of alkyl halides is 1. The molecule has 1 rings (SSSR count). The van der Waals surface area contributed by atoms with E-state index in [-0.39, 0.29) is 0 Å². The molecule has 1 aliphatic rings. The molecule has 0 aliphatic heterocycles. The Balaban J connectivity index is 2.35. The van der Waals surface area contributed by atoms with Gasteiger partial charge in [-0.25, -0.2) is 0 Å². The van der Waals surface area contributed by atoms with E-state index in [1.807, 2.05) is 0 Å². The topological polar surface area (TPSA) is 3.24 Å². The zero-order valence-corrected chi connectivity index (χ0v) is 12.1. The van der Waals surface area contributed by atoms with Crippen LogP contribution in [0.3, 0.4) is 0 Å². The van der Waals surface area contributed by atoms with Gasteiger partial charge in [-0.2, -0.15) is 0 Å². The minimum Gasteiger partial charge on any atom is -0.303 e. The van der Waals surface area contributed by atoms with Crippen molar-refractivity contribution in [2.24, 2.45) is 11.3 Å². The average molecular weight is 276 g/mol. The molecule has 1 aliphatic carbocycles. The zero-order chi connectivity index (χ0) is 11.3. The first kappa shape index (κ1) is 13.5. The Morgan fingerprint density at radius 3 is 2.13 bits per heavy atom. The Kier molecular flexibility index (Phi) is 5.62. The van der Waals surface area contributed by atoms with Crippen molar-refractivity contribution in [2.75, 3.05) is 25.0 Å². The van der Waals surface area contributed by atoms with Gasteiger partial charge in [0, 0.05) is 18.4 Å². The van der Waals surface area contributed by atoms with Crippen LogP contribution in [0.2, 0.25) is 0 Å². The Morgan fingerprint density at radius 1 is 1.20 bits per heavy atom. The summed E-state index contributed by atoms with van der Waals surface area (Å²) < 4.78 is 0. The van der Waals surface area contributed by atoms with Gasteiger partial charge >= 0.3 is 0 Å². The highest BCUT2D eigenvalue weighted by atomic mass is 79.9. The summed E-state index contributed by atoms with van der Waals surface area (Å²) in [6, 6.07) is 0. The molecule has 90 valence electrons. The van der Waals surface area contributed by atoms with Crippen LogP contribution < -0.4 is 0 Å². The molecule has 0 amide bonds. The van der Waals surface area contributed by atoms with Crippen molar-refractivity contribution in [3.05, 3.63) is 0 Å². The molecular weight excluding hydrogens is 250 g/mol. The Bertz CT molecular complexity index is 173. The van der Waals surface area contributed by atoms with Crippen molar-refractivity contribution in [1.82, 2.24) is 4.90 Å². The fourth-order valence-corrected chi connectivity index (χ4v) is 2.94. The lowest BCUT2D eigenvalue weighted by molar-refractivity contribution is 0.201. The third-order valence-electron chi connectivity index (χ3n) is 3.92. The summed E-state index contributed by atoms with van der Waals surface area (Å²) in [6.45, 7) is 10.8. The molecule has 2 heteroatoms. The van der Waals surface area contributed by atoms with Crippen molar-refractivity contribution in [3.8, 4) is 0 Å². The highest BCUT2D eigenvalue weighted by Crippen LogP contribution is 2.47. The minimum atomic E-state index is 0.641. The van der Waals surface area contributed by atoms with Crippen LogP contribution in [-0.4, -0.2) is 29.9 Å². The molecule has 0 unspecified atom stereocenters. The number of nitrogens with zero attached hydrogens (tertiary/aromatic N) is 1. The predicted octanol–water partition coefficient (Wildman–Crippen LogP) is 3.92. The predicted molar refractivity (Wildman–Crippen MR) is 71.6 cm³/mol. The summed E-state index contributed by atoms with van der Waals surface area (Å²) in [5, 5.41) is 1.19. The van der Waals surface area contributed by atoms with Gasteiger partial charge in [-0.15, -0.1) is 0 Å². The van der Waals surface area contributed by atoms with Crippen LogP contribution in [-0.2, 0) is 0 Å². The molecule has 0 aromatic rings. The van der Waals surface area contributed by atoms with Crippen molar-refractivity contribution in [2.45, 2.75) is 46.5 Å². The molecule has 0 N–H and O–H groups in total. The second-order valence-electron chi connectivity index (χ2n) is 5.14. The molecule has 0 aromatic carbocycles. The summed E-state index contributed by atoms with van der Waals surface area (Å²) in [7, 11) is 0. The maximum atomic E-state index is 3.66. The summed E-state index contributed by atoms with van der Waals surface area (Å²) >= 11 is 3.66. The van der Waals surface area contributed by atoms with E-state index in [1.165, 1.54) is 50.6 Å². The lowest BCUT2D eigenvalue weighted by Crippen LogP contribution is -2.35. The fourth-order valence-electron chi connectivity index (χ4n) is 2.20. The van der Waals surface area contributed by atoms with E-state index in [9.17, 15) is 0 Å². The van der Waals surface area contributed by atoms with Gasteiger partial charge in [-0.1, -0.05) is 49.5 Å². The van der Waals surface area contributed by atoms with Crippen LogP contribution in [0.4, 0.5) is 0 Å². The first-order chi connectivity index (χ1) is 7.19. The van der Waals surface area contributed by atoms with Crippen molar-refractivity contribution >= 4 is 15.9 Å². The van der Waals surface area contributed by atoms with Crippen molar-refractivity contribution < 1.29 is 0 Å². The molecule has 1 fully saturated rings. The summed E-state index contributed by atoms with van der Waals surface area (Å²) in [4.78, 5) is 2.66. The minimum absolute atomic E-state index is 0.641. The summed E-state index contributed by atoms with van der Waals surface area (Å²) in [5.74, 6) is 0.899. The highest BCUT2D eigenvalue weighted by molar-refractivity contribution is 9.09. The van der Waals surface area contributed by atoms with Gasteiger partial charge in [0.2, 0.25) is 0 Å². The number of hydrogen-bond acceptors (Lipinski definition) is 1. The second-order valence-corrected chi connectivity index (χ2v) is 5.70. The average Bonchev–Trinajstić information content (AvgIpc) is 3.04. The van der Waals surface area contributed by atoms with Gasteiger partial charge in [0.1, 0.15) is 0 Å². The molecule has 1 saturated carbocycles. The van der Waals surface area contributed by atoms with Crippen molar-refractivity contribution in [3.63, 3.8) is 0 Å². The Morgan fingerprint density at radius 2 is 1.80 bits per heavy atom. The molecule has 0 bridgehead atoms. The molecule has 0 radical (unpaired) electrons. The smallest absolute Gasteiger partial charge is 0.0100 e. The maximum absolute atomic E-state index is 3.66. The molecule has 1 nitrogen and oxygen atoms in total. The quantitative estimate of drug-likeness (QED) is 0.607. The van der Waals surface area contributed by atoms with E-state index < -0.39 is 0 Å². The first-order valence-corrected chi connectivity index (χ1v) is 7.60. The molecule has 0 aromatic heterocycles. The SMILES string of the molecule is CCC(CC)CN(CC)CC1(CBr)CC1. The molecule has 0 atom stereocenters. The molecule has 15 heavy (non-hydrogen) atoms. The van der Waals surface area contributed by atoms with Gasteiger partial charge in [0.15, 0.2) is 0 Å².